The molecule has 0 heterocycles. The number of carbonyl (C=O) groups is 1. The normalized spacial score (nSPS) is 10.8. The zero-order chi connectivity index (χ0) is 13.8. The Balaban J connectivity index is 2.21. The minimum Gasteiger partial charge on any atom is -0.507 e. The largest absolute Gasteiger partial charge is 0.507 e. The average Bonchev–Trinajstić information content (AvgIpc) is 2.40. The van der Waals surface area contributed by atoms with Crippen LogP contribution in [0.25, 0.3) is 6.08 Å². The second-order valence-electron chi connectivity index (χ2n) is 4.27. The van der Waals surface area contributed by atoms with Crippen LogP contribution in [-0.2, 0) is 0 Å². The van der Waals surface area contributed by atoms with Gasteiger partial charge >= 0.3 is 0 Å². The van der Waals surface area contributed by atoms with Crippen LogP contribution in [0.4, 0.5) is 4.39 Å². The van der Waals surface area contributed by atoms with Crippen molar-refractivity contribution in [1.29, 1.82) is 0 Å². The highest BCUT2D eigenvalue weighted by atomic mass is 19.1. The summed E-state index contributed by atoms with van der Waals surface area (Å²) in [6.45, 7) is 1.85. The number of hydrogen-bond acceptors (Lipinski definition) is 2. The molecule has 0 saturated heterocycles. The van der Waals surface area contributed by atoms with E-state index in [4.69, 9.17) is 0 Å². The number of carbonyl (C=O) groups excluding carboxylic acids is 1. The molecular weight excluding hydrogens is 243 g/mol. The van der Waals surface area contributed by atoms with Crippen LogP contribution in [0.5, 0.6) is 5.75 Å². The van der Waals surface area contributed by atoms with E-state index in [9.17, 15) is 14.3 Å². The number of benzene rings is 2. The van der Waals surface area contributed by atoms with Gasteiger partial charge in [-0.25, -0.2) is 4.39 Å². The molecule has 0 saturated carbocycles. The van der Waals surface area contributed by atoms with Gasteiger partial charge in [0.2, 0.25) is 0 Å². The quantitative estimate of drug-likeness (QED) is 0.671. The highest BCUT2D eigenvalue weighted by molar-refractivity contribution is 6.08. The van der Waals surface area contributed by atoms with E-state index >= 15 is 0 Å². The van der Waals surface area contributed by atoms with E-state index < -0.39 is 0 Å². The topological polar surface area (TPSA) is 37.3 Å². The highest BCUT2D eigenvalue weighted by Crippen LogP contribution is 2.19. The smallest absolute Gasteiger partial charge is 0.189 e. The summed E-state index contributed by atoms with van der Waals surface area (Å²) in [5.41, 5.74) is 1.89. The van der Waals surface area contributed by atoms with Crippen molar-refractivity contribution in [3.63, 3.8) is 0 Å². The van der Waals surface area contributed by atoms with Crippen LogP contribution in [0.2, 0.25) is 0 Å². The van der Waals surface area contributed by atoms with Crippen LogP contribution in [0.15, 0.2) is 48.5 Å². The molecule has 0 aliphatic heterocycles. The molecule has 0 bridgehead atoms. The molecule has 0 amide bonds. The summed E-state index contributed by atoms with van der Waals surface area (Å²) in [5.74, 6) is -0.648. The van der Waals surface area contributed by atoms with Gasteiger partial charge in [0.15, 0.2) is 5.78 Å². The van der Waals surface area contributed by atoms with E-state index in [1.54, 1.807) is 30.3 Å². The molecule has 0 atom stereocenters. The summed E-state index contributed by atoms with van der Waals surface area (Å²) in [6.07, 6.45) is 2.95. The van der Waals surface area contributed by atoms with Crippen LogP contribution >= 0.6 is 0 Å². The van der Waals surface area contributed by atoms with Gasteiger partial charge in [-0.3, -0.25) is 4.79 Å². The van der Waals surface area contributed by atoms with Gasteiger partial charge in [-0.15, -0.1) is 0 Å². The van der Waals surface area contributed by atoms with E-state index in [0.29, 0.717) is 0 Å². The molecule has 1 N–H and O–H groups in total. The third-order valence-electron chi connectivity index (χ3n) is 2.71. The van der Waals surface area contributed by atoms with Gasteiger partial charge in [-0.2, -0.15) is 0 Å². The van der Waals surface area contributed by atoms with E-state index in [1.165, 1.54) is 24.3 Å². The molecule has 2 nitrogen and oxygen atoms in total. The maximum absolute atomic E-state index is 12.7. The first kappa shape index (κ1) is 13.0. The molecule has 0 unspecified atom stereocenters. The summed E-state index contributed by atoms with van der Waals surface area (Å²) >= 11 is 0. The van der Waals surface area contributed by atoms with Crippen molar-refractivity contribution in [2.24, 2.45) is 0 Å². The van der Waals surface area contributed by atoms with Gasteiger partial charge in [-0.05, 0) is 42.8 Å². The molecule has 0 spiro atoms. The Morgan fingerprint density at radius 1 is 1.16 bits per heavy atom. The first-order valence-electron chi connectivity index (χ1n) is 5.84. The molecule has 0 radical (unpaired) electrons. The number of aromatic hydroxyl groups is 1. The Labute approximate surface area is 110 Å². The summed E-state index contributed by atoms with van der Waals surface area (Å²) in [6, 6.07) is 10.7. The fourth-order valence-electron chi connectivity index (χ4n) is 1.68. The summed E-state index contributed by atoms with van der Waals surface area (Å²) in [7, 11) is 0. The van der Waals surface area contributed by atoms with Gasteiger partial charge in [0.05, 0.1) is 5.56 Å². The molecule has 0 aliphatic rings. The summed E-state index contributed by atoms with van der Waals surface area (Å²) in [5, 5.41) is 9.63. The van der Waals surface area contributed by atoms with Gasteiger partial charge in [0.25, 0.3) is 0 Å². The molecule has 0 aromatic heterocycles. The maximum atomic E-state index is 12.7. The van der Waals surface area contributed by atoms with Crippen molar-refractivity contribution in [1.82, 2.24) is 0 Å². The van der Waals surface area contributed by atoms with Crippen LogP contribution in [0.3, 0.4) is 0 Å². The van der Waals surface area contributed by atoms with Gasteiger partial charge in [0.1, 0.15) is 11.6 Å². The highest BCUT2D eigenvalue weighted by Gasteiger charge is 2.07. The lowest BCUT2D eigenvalue weighted by Crippen LogP contribution is -1.95. The lowest BCUT2D eigenvalue weighted by Gasteiger charge is -2.01. The second-order valence-corrected chi connectivity index (χ2v) is 4.27. The first-order chi connectivity index (χ1) is 9.06. The minimum absolute atomic E-state index is 0.0423. The zero-order valence-electron chi connectivity index (χ0n) is 10.4. The maximum Gasteiger partial charge on any atom is 0.189 e. The van der Waals surface area contributed by atoms with Crippen LogP contribution in [-0.4, -0.2) is 10.9 Å². The Morgan fingerprint density at radius 2 is 1.84 bits per heavy atom. The number of hydrogen-bond donors (Lipinski definition) is 1. The van der Waals surface area contributed by atoms with E-state index in [1.807, 2.05) is 6.92 Å². The van der Waals surface area contributed by atoms with Gasteiger partial charge in [-0.1, -0.05) is 29.8 Å². The van der Waals surface area contributed by atoms with E-state index in [-0.39, 0.29) is 22.9 Å². The van der Waals surface area contributed by atoms with Crippen LogP contribution in [0, 0.1) is 12.7 Å². The zero-order valence-corrected chi connectivity index (χ0v) is 10.4. The van der Waals surface area contributed by atoms with Crippen molar-refractivity contribution in [3.05, 3.63) is 71.0 Å². The summed E-state index contributed by atoms with van der Waals surface area (Å²) in [4.78, 5) is 11.9. The SMILES string of the molecule is Cc1ccc(O)c(C(=O)C=Cc2ccc(F)cc2)c1. The standard InChI is InChI=1S/C16H13FO2/c1-11-2-8-15(18)14(10-11)16(19)9-5-12-3-6-13(17)7-4-12/h2-10,18H,1H3. The number of phenols is 1. The first-order valence-corrected chi connectivity index (χ1v) is 5.84. The van der Waals surface area contributed by atoms with Crippen molar-refractivity contribution in [2.45, 2.75) is 6.92 Å². The Bertz CT molecular complexity index is 628. The Morgan fingerprint density at radius 3 is 2.53 bits per heavy atom. The molecule has 2 rings (SSSR count). The Hall–Kier alpha value is -2.42. The lowest BCUT2D eigenvalue weighted by atomic mass is 10.1. The molecule has 96 valence electrons. The predicted molar refractivity (Wildman–Crippen MR) is 72.6 cm³/mol. The number of aryl methyl sites for hydroxylation is 1. The number of allylic oxidation sites excluding steroid dienone is 1. The van der Waals surface area contributed by atoms with E-state index in [2.05, 4.69) is 0 Å². The number of ketones is 1. The van der Waals surface area contributed by atoms with E-state index in [0.717, 1.165) is 11.1 Å². The predicted octanol–water partition coefficient (Wildman–Crippen LogP) is 3.74. The number of rotatable bonds is 3. The third-order valence-corrected chi connectivity index (χ3v) is 2.71. The molecule has 2 aromatic carbocycles. The monoisotopic (exact) mass is 256 g/mol. The van der Waals surface area contributed by atoms with Gasteiger partial charge < -0.3 is 5.11 Å². The molecule has 2 aromatic rings. The molecule has 0 fully saturated rings. The van der Waals surface area contributed by atoms with Crippen molar-refractivity contribution >= 4 is 11.9 Å². The van der Waals surface area contributed by atoms with Crippen molar-refractivity contribution in [3.8, 4) is 5.75 Å². The number of phenolic OH excluding ortho intramolecular Hbond substituents is 1. The molecule has 19 heavy (non-hydrogen) atoms. The molecular formula is C16H13FO2. The van der Waals surface area contributed by atoms with Gasteiger partial charge in [0, 0.05) is 0 Å². The second kappa shape index (κ2) is 5.48. The molecule has 3 heteroatoms. The Kier molecular flexibility index (Phi) is 3.76. The number of halogens is 1. The molecule has 0 aliphatic carbocycles. The lowest BCUT2D eigenvalue weighted by molar-refractivity contribution is 0.104. The van der Waals surface area contributed by atoms with Crippen LogP contribution < -0.4 is 0 Å². The van der Waals surface area contributed by atoms with Crippen molar-refractivity contribution in [2.75, 3.05) is 0 Å². The fraction of sp³-hybridized carbons (Fsp3) is 0.0625. The minimum atomic E-state index is -0.320. The van der Waals surface area contributed by atoms with Crippen molar-refractivity contribution < 1.29 is 14.3 Å². The van der Waals surface area contributed by atoms with Crippen LogP contribution in [0.1, 0.15) is 21.5 Å². The average molecular weight is 256 g/mol. The third kappa shape index (κ3) is 3.28. The summed E-state index contributed by atoms with van der Waals surface area (Å²) < 4.78 is 12.7. The fourth-order valence-corrected chi connectivity index (χ4v) is 1.68.